The van der Waals surface area contributed by atoms with Crippen LogP contribution in [0.15, 0.2) is 4.34 Å². The summed E-state index contributed by atoms with van der Waals surface area (Å²) in [6.45, 7) is 1.80. The van der Waals surface area contributed by atoms with Crippen molar-refractivity contribution < 1.29 is 18.0 Å². The van der Waals surface area contributed by atoms with Gasteiger partial charge < -0.3 is 0 Å². The standard InChI is InChI=1S/C8H10N4O4S2/c1-2-4-3-5(13)12(6(4)14)7-10-11-8(17-7)18(9,15)16/h4H,2-3H2,1H3,(H2,9,15,16). The van der Waals surface area contributed by atoms with E-state index in [-0.39, 0.29) is 23.4 Å². The van der Waals surface area contributed by atoms with Gasteiger partial charge in [-0.3, -0.25) is 9.59 Å². The fourth-order valence-corrected chi connectivity index (χ4v) is 3.07. The largest absolute Gasteiger partial charge is 0.274 e. The lowest BCUT2D eigenvalue weighted by molar-refractivity contribution is -0.122. The number of amides is 2. The van der Waals surface area contributed by atoms with Crippen LogP contribution in [0.1, 0.15) is 19.8 Å². The fraction of sp³-hybridized carbons (Fsp3) is 0.500. The number of anilines is 1. The van der Waals surface area contributed by atoms with Gasteiger partial charge >= 0.3 is 0 Å². The van der Waals surface area contributed by atoms with Crippen LogP contribution in [0, 0.1) is 5.92 Å². The van der Waals surface area contributed by atoms with E-state index in [1.165, 1.54) is 0 Å². The predicted octanol–water partition coefficient (Wildman–Crippen LogP) is -0.525. The second-order valence-corrected chi connectivity index (χ2v) is 6.46. The number of carbonyl (C=O) groups is 2. The van der Waals surface area contributed by atoms with Crippen LogP contribution in [0.5, 0.6) is 0 Å². The Kier molecular flexibility index (Phi) is 3.17. The van der Waals surface area contributed by atoms with Crippen molar-refractivity contribution in [2.45, 2.75) is 24.1 Å². The molecule has 0 radical (unpaired) electrons. The maximum Gasteiger partial charge on any atom is 0.267 e. The monoisotopic (exact) mass is 290 g/mol. The van der Waals surface area contributed by atoms with Gasteiger partial charge in [-0.25, -0.2) is 18.5 Å². The molecule has 2 N–H and O–H groups in total. The van der Waals surface area contributed by atoms with E-state index in [4.69, 9.17) is 5.14 Å². The maximum absolute atomic E-state index is 11.9. The summed E-state index contributed by atoms with van der Waals surface area (Å²) >= 11 is 0.606. The molecule has 0 spiro atoms. The summed E-state index contributed by atoms with van der Waals surface area (Å²) in [6.07, 6.45) is 0.654. The maximum atomic E-state index is 11.9. The van der Waals surface area contributed by atoms with E-state index in [1.807, 2.05) is 0 Å². The minimum absolute atomic E-state index is 0.0509. The van der Waals surface area contributed by atoms with Crippen LogP contribution in [-0.2, 0) is 19.6 Å². The topological polar surface area (TPSA) is 123 Å². The number of imide groups is 1. The molecular weight excluding hydrogens is 280 g/mol. The first-order valence-corrected chi connectivity index (χ1v) is 7.44. The van der Waals surface area contributed by atoms with Crippen LogP contribution in [-0.4, -0.2) is 30.4 Å². The van der Waals surface area contributed by atoms with E-state index >= 15 is 0 Å². The van der Waals surface area contributed by atoms with Gasteiger partial charge in [-0.2, -0.15) is 0 Å². The molecule has 0 aromatic carbocycles. The summed E-state index contributed by atoms with van der Waals surface area (Å²) < 4.78 is 21.7. The molecule has 1 saturated heterocycles. The summed E-state index contributed by atoms with van der Waals surface area (Å²) in [5.74, 6) is -1.15. The van der Waals surface area contributed by atoms with Gasteiger partial charge in [-0.1, -0.05) is 18.3 Å². The smallest absolute Gasteiger partial charge is 0.267 e. The zero-order valence-corrected chi connectivity index (χ0v) is 11.0. The number of aromatic nitrogens is 2. The molecule has 1 unspecified atom stereocenters. The van der Waals surface area contributed by atoms with E-state index in [9.17, 15) is 18.0 Å². The third-order valence-electron chi connectivity index (χ3n) is 2.56. The van der Waals surface area contributed by atoms with Gasteiger partial charge in [-0.05, 0) is 6.42 Å². The molecule has 98 valence electrons. The molecule has 0 bridgehead atoms. The Morgan fingerprint density at radius 1 is 1.44 bits per heavy atom. The molecule has 8 nitrogen and oxygen atoms in total. The third kappa shape index (κ3) is 2.13. The van der Waals surface area contributed by atoms with Gasteiger partial charge in [0, 0.05) is 12.3 Å². The summed E-state index contributed by atoms with van der Waals surface area (Å²) in [5, 5.41) is 11.7. The second-order valence-electron chi connectivity index (χ2n) is 3.77. The highest BCUT2D eigenvalue weighted by atomic mass is 32.2. The van der Waals surface area contributed by atoms with E-state index < -0.39 is 20.3 Å². The first kappa shape index (κ1) is 13.1. The van der Waals surface area contributed by atoms with Crippen molar-refractivity contribution in [3.8, 4) is 0 Å². The molecule has 1 atom stereocenters. The van der Waals surface area contributed by atoms with Crippen molar-refractivity contribution in [3.63, 3.8) is 0 Å². The Bertz CT molecular complexity index is 608. The van der Waals surface area contributed by atoms with Crippen molar-refractivity contribution in [2.24, 2.45) is 11.1 Å². The van der Waals surface area contributed by atoms with Crippen LogP contribution in [0.3, 0.4) is 0 Å². The van der Waals surface area contributed by atoms with Crippen LogP contribution < -0.4 is 10.0 Å². The van der Waals surface area contributed by atoms with Crippen LogP contribution in [0.2, 0.25) is 0 Å². The Morgan fingerprint density at radius 2 is 2.11 bits per heavy atom. The Morgan fingerprint density at radius 3 is 2.56 bits per heavy atom. The van der Waals surface area contributed by atoms with Gasteiger partial charge in [0.2, 0.25) is 21.3 Å². The number of hydrogen-bond donors (Lipinski definition) is 1. The SMILES string of the molecule is CCC1CC(=O)N(c2nnc(S(N)(=O)=O)s2)C1=O. The number of sulfonamides is 1. The molecule has 2 amide bonds. The molecule has 2 heterocycles. The van der Waals surface area contributed by atoms with Crippen molar-refractivity contribution in [1.29, 1.82) is 0 Å². The van der Waals surface area contributed by atoms with Gasteiger partial charge in [0.05, 0.1) is 0 Å². The summed E-state index contributed by atoms with van der Waals surface area (Å²) in [7, 11) is -3.97. The van der Waals surface area contributed by atoms with Crippen LogP contribution >= 0.6 is 11.3 Å². The first-order valence-electron chi connectivity index (χ1n) is 5.07. The van der Waals surface area contributed by atoms with Crippen LogP contribution in [0.25, 0.3) is 0 Å². The minimum Gasteiger partial charge on any atom is -0.274 e. The lowest BCUT2D eigenvalue weighted by atomic mass is 10.1. The molecule has 1 aliphatic rings. The number of primary sulfonamides is 1. The predicted molar refractivity (Wildman–Crippen MR) is 62.2 cm³/mol. The molecule has 18 heavy (non-hydrogen) atoms. The normalized spacial score (nSPS) is 20.8. The molecule has 0 aliphatic carbocycles. The van der Waals surface area contributed by atoms with Crippen molar-refractivity contribution in [3.05, 3.63) is 0 Å². The lowest BCUT2D eigenvalue weighted by Crippen LogP contribution is -2.30. The zero-order chi connectivity index (χ0) is 13.5. The second kappa shape index (κ2) is 4.37. The number of rotatable bonds is 3. The number of hydrogen-bond acceptors (Lipinski definition) is 7. The summed E-state index contributed by atoms with van der Waals surface area (Å²) in [5.41, 5.74) is 0. The molecule has 10 heteroatoms. The van der Waals surface area contributed by atoms with Crippen molar-refractivity contribution in [2.75, 3.05) is 4.90 Å². The average molecular weight is 290 g/mol. The average Bonchev–Trinajstić information content (AvgIpc) is 2.83. The van der Waals surface area contributed by atoms with Gasteiger partial charge in [0.1, 0.15) is 0 Å². The summed E-state index contributed by atoms with van der Waals surface area (Å²) in [6, 6.07) is 0. The lowest BCUT2D eigenvalue weighted by Gasteiger charge is -2.09. The number of nitrogens with zero attached hydrogens (tertiary/aromatic N) is 3. The van der Waals surface area contributed by atoms with Gasteiger partial charge in [0.15, 0.2) is 0 Å². The molecular formula is C8H10N4O4S2. The first-order chi connectivity index (χ1) is 8.34. The Balaban J connectivity index is 2.36. The highest BCUT2D eigenvalue weighted by Gasteiger charge is 2.40. The highest BCUT2D eigenvalue weighted by Crippen LogP contribution is 2.31. The Hall–Kier alpha value is -1.39. The molecule has 0 saturated carbocycles. The minimum atomic E-state index is -3.97. The summed E-state index contributed by atoms with van der Waals surface area (Å²) in [4.78, 5) is 24.4. The van der Waals surface area contributed by atoms with E-state index in [2.05, 4.69) is 10.2 Å². The van der Waals surface area contributed by atoms with E-state index in [0.717, 1.165) is 4.90 Å². The van der Waals surface area contributed by atoms with Crippen molar-refractivity contribution >= 4 is 38.3 Å². The van der Waals surface area contributed by atoms with Crippen molar-refractivity contribution in [1.82, 2.24) is 10.2 Å². The molecule has 1 fully saturated rings. The van der Waals surface area contributed by atoms with E-state index in [0.29, 0.717) is 17.8 Å². The molecule has 1 aromatic heterocycles. The number of carbonyl (C=O) groups excluding carboxylic acids is 2. The van der Waals surface area contributed by atoms with E-state index in [1.54, 1.807) is 6.92 Å². The van der Waals surface area contributed by atoms with Crippen LogP contribution in [0.4, 0.5) is 5.13 Å². The highest BCUT2D eigenvalue weighted by molar-refractivity contribution is 7.91. The molecule has 1 aliphatic heterocycles. The Labute approximate surface area is 107 Å². The quantitative estimate of drug-likeness (QED) is 0.590. The molecule has 1 aromatic rings. The van der Waals surface area contributed by atoms with Gasteiger partial charge in [0.25, 0.3) is 10.0 Å². The third-order valence-corrected chi connectivity index (χ3v) is 4.78. The number of nitrogens with two attached hydrogens (primary N) is 1. The fourth-order valence-electron chi connectivity index (χ4n) is 1.62. The zero-order valence-electron chi connectivity index (χ0n) is 9.36. The van der Waals surface area contributed by atoms with Gasteiger partial charge in [-0.15, -0.1) is 10.2 Å². The molecule has 2 rings (SSSR count).